The van der Waals surface area contributed by atoms with Crippen molar-refractivity contribution in [2.75, 3.05) is 12.4 Å². The SMILES string of the molecule is CCC1(COC=C2CCCCC2)CCCCCCS1. The normalized spacial score (nSPS) is 29.4. The number of hydrogen-bond donors (Lipinski definition) is 0. The van der Waals surface area contributed by atoms with Crippen LogP contribution in [-0.4, -0.2) is 17.1 Å². The fourth-order valence-electron chi connectivity index (χ4n) is 3.19. The largest absolute Gasteiger partial charge is 0.500 e. The van der Waals surface area contributed by atoms with E-state index in [-0.39, 0.29) is 0 Å². The van der Waals surface area contributed by atoms with Crippen LogP contribution in [0.25, 0.3) is 0 Å². The summed E-state index contributed by atoms with van der Waals surface area (Å²) in [5.41, 5.74) is 1.55. The van der Waals surface area contributed by atoms with Crippen LogP contribution in [0.2, 0.25) is 0 Å². The quantitative estimate of drug-likeness (QED) is 0.612. The molecule has 0 aromatic heterocycles. The molecule has 1 aliphatic carbocycles. The van der Waals surface area contributed by atoms with E-state index >= 15 is 0 Å². The molecule has 1 saturated heterocycles. The van der Waals surface area contributed by atoms with E-state index < -0.39 is 0 Å². The molecule has 1 heterocycles. The highest BCUT2D eigenvalue weighted by Gasteiger charge is 2.29. The van der Waals surface area contributed by atoms with Crippen molar-refractivity contribution in [1.82, 2.24) is 0 Å². The van der Waals surface area contributed by atoms with Gasteiger partial charge in [-0.15, -0.1) is 0 Å². The van der Waals surface area contributed by atoms with E-state index in [1.807, 2.05) is 0 Å². The van der Waals surface area contributed by atoms with Crippen LogP contribution in [0, 0.1) is 0 Å². The lowest BCUT2D eigenvalue weighted by molar-refractivity contribution is 0.196. The molecule has 0 N–H and O–H groups in total. The van der Waals surface area contributed by atoms with Crippen molar-refractivity contribution in [2.24, 2.45) is 0 Å². The number of allylic oxidation sites excluding steroid dienone is 1. The van der Waals surface area contributed by atoms with Gasteiger partial charge in [-0.05, 0) is 56.3 Å². The van der Waals surface area contributed by atoms with Crippen molar-refractivity contribution in [3.05, 3.63) is 11.8 Å². The Morgan fingerprint density at radius 2 is 1.79 bits per heavy atom. The molecule has 0 bridgehead atoms. The molecular formula is C17H30OS. The Morgan fingerprint density at radius 1 is 1.05 bits per heavy atom. The minimum absolute atomic E-state index is 0.395. The van der Waals surface area contributed by atoms with Gasteiger partial charge in [0.15, 0.2) is 0 Å². The topological polar surface area (TPSA) is 9.23 Å². The molecule has 2 rings (SSSR count). The number of ether oxygens (including phenoxy) is 1. The Balaban J connectivity index is 1.82. The molecule has 1 atom stereocenters. The highest BCUT2D eigenvalue weighted by molar-refractivity contribution is 8.00. The van der Waals surface area contributed by atoms with Crippen LogP contribution < -0.4 is 0 Å². The highest BCUT2D eigenvalue weighted by Crippen LogP contribution is 2.37. The lowest BCUT2D eigenvalue weighted by atomic mass is 9.96. The zero-order chi connectivity index (χ0) is 13.4. The first-order valence-corrected chi connectivity index (χ1v) is 9.27. The second-order valence-electron chi connectivity index (χ2n) is 6.20. The van der Waals surface area contributed by atoms with Gasteiger partial charge in [0.25, 0.3) is 0 Å². The number of rotatable bonds is 4. The second-order valence-corrected chi connectivity index (χ2v) is 7.76. The van der Waals surface area contributed by atoms with E-state index in [9.17, 15) is 0 Å². The summed E-state index contributed by atoms with van der Waals surface area (Å²) in [4.78, 5) is 0. The second kappa shape index (κ2) is 8.24. The summed E-state index contributed by atoms with van der Waals surface area (Å²) in [6, 6.07) is 0. The molecular weight excluding hydrogens is 252 g/mol. The summed E-state index contributed by atoms with van der Waals surface area (Å²) in [7, 11) is 0. The average Bonchev–Trinajstić information content (AvgIpc) is 2.43. The third-order valence-corrected chi connectivity index (χ3v) is 6.39. The summed E-state index contributed by atoms with van der Waals surface area (Å²) < 4.78 is 6.42. The third-order valence-electron chi connectivity index (χ3n) is 4.67. The minimum Gasteiger partial charge on any atom is -0.500 e. The summed E-state index contributed by atoms with van der Waals surface area (Å²) in [5.74, 6) is 1.33. The van der Waals surface area contributed by atoms with E-state index in [0.717, 1.165) is 6.61 Å². The predicted octanol–water partition coefficient (Wildman–Crippen LogP) is 5.70. The molecule has 1 aliphatic heterocycles. The van der Waals surface area contributed by atoms with Crippen LogP contribution in [0.15, 0.2) is 11.8 Å². The van der Waals surface area contributed by atoms with Gasteiger partial charge in [-0.25, -0.2) is 0 Å². The van der Waals surface area contributed by atoms with Gasteiger partial charge in [0.1, 0.15) is 6.61 Å². The molecule has 2 heteroatoms. The Labute approximate surface area is 123 Å². The standard InChI is InChI=1S/C17H30OS/c1-2-17(12-8-3-4-9-13-19-17)15-18-14-16-10-6-5-7-11-16/h14H,2-13,15H2,1H3. The molecule has 0 aromatic carbocycles. The van der Waals surface area contributed by atoms with E-state index in [4.69, 9.17) is 4.74 Å². The fraction of sp³-hybridized carbons (Fsp3) is 0.882. The molecule has 0 radical (unpaired) electrons. The van der Waals surface area contributed by atoms with Crippen molar-refractivity contribution < 1.29 is 4.74 Å². The number of hydrogen-bond acceptors (Lipinski definition) is 2. The van der Waals surface area contributed by atoms with Crippen molar-refractivity contribution in [2.45, 2.75) is 82.3 Å². The van der Waals surface area contributed by atoms with E-state index in [1.165, 1.54) is 76.4 Å². The maximum absolute atomic E-state index is 6.02. The van der Waals surface area contributed by atoms with Gasteiger partial charge in [0.05, 0.1) is 6.26 Å². The van der Waals surface area contributed by atoms with Crippen molar-refractivity contribution in [1.29, 1.82) is 0 Å². The zero-order valence-corrected chi connectivity index (χ0v) is 13.4. The summed E-state index contributed by atoms with van der Waals surface area (Å²) in [6.07, 6.45) is 17.0. The Hall–Kier alpha value is -0.110. The van der Waals surface area contributed by atoms with Crippen LogP contribution in [0.1, 0.15) is 77.6 Å². The average molecular weight is 282 g/mol. The first-order valence-electron chi connectivity index (χ1n) is 8.28. The lowest BCUT2D eigenvalue weighted by Gasteiger charge is -2.33. The smallest absolute Gasteiger partial charge is 0.102 e. The Kier molecular flexibility index (Phi) is 6.63. The summed E-state index contributed by atoms with van der Waals surface area (Å²) in [5, 5.41) is 0. The Morgan fingerprint density at radius 3 is 2.58 bits per heavy atom. The van der Waals surface area contributed by atoms with Gasteiger partial charge in [0.2, 0.25) is 0 Å². The zero-order valence-electron chi connectivity index (χ0n) is 12.6. The van der Waals surface area contributed by atoms with E-state index in [0.29, 0.717) is 4.75 Å². The van der Waals surface area contributed by atoms with Gasteiger partial charge in [0, 0.05) is 4.75 Å². The first kappa shape index (κ1) is 15.3. The van der Waals surface area contributed by atoms with Gasteiger partial charge >= 0.3 is 0 Å². The molecule has 0 amide bonds. The minimum atomic E-state index is 0.395. The summed E-state index contributed by atoms with van der Waals surface area (Å²) >= 11 is 2.18. The molecule has 1 unspecified atom stereocenters. The van der Waals surface area contributed by atoms with E-state index in [1.54, 1.807) is 5.57 Å². The van der Waals surface area contributed by atoms with E-state index in [2.05, 4.69) is 24.9 Å². The fourth-order valence-corrected chi connectivity index (χ4v) is 4.62. The van der Waals surface area contributed by atoms with Crippen molar-refractivity contribution in [3.8, 4) is 0 Å². The van der Waals surface area contributed by atoms with Crippen molar-refractivity contribution >= 4 is 11.8 Å². The maximum Gasteiger partial charge on any atom is 0.102 e. The van der Waals surface area contributed by atoms with Gasteiger partial charge in [-0.3, -0.25) is 0 Å². The lowest BCUT2D eigenvalue weighted by Crippen LogP contribution is -2.31. The molecule has 1 nitrogen and oxygen atoms in total. The van der Waals surface area contributed by atoms with Crippen LogP contribution in [0.4, 0.5) is 0 Å². The van der Waals surface area contributed by atoms with Crippen molar-refractivity contribution in [3.63, 3.8) is 0 Å². The van der Waals surface area contributed by atoms with Crippen LogP contribution in [-0.2, 0) is 4.74 Å². The molecule has 0 spiro atoms. The molecule has 2 aliphatic rings. The molecule has 2 fully saturated rings. The predicted molar refractivity (Wildman–Crippen MR) is 85.7 cm³/mol. The molecule has 1 saturated carbocycles. The van der Waals surface area contributed by atoms with Crippen LogP contribution in [0.3, 0.4) is 0 Å². The summed E-state index contributed by atoms with van der Waals surface area (Å²) in [6.45, 7) is 3.27. The molecule has 0 aromatic rings. The highest BCUT2D eigenvalue weighted by atomic mass is 32.2. The van der Waals surface area contributed by atoms with Gasteiger partial charge in [-0.2, -0.15) is 11.8 Å². The third kappa shape index (κ3) is 5.06. The van der Waals surface area contributed by atoms with Gasteiger partial charge < -0.3 is 4.74 Å². The number of thioether (sulfide) groups is 1. The van der Waals surface area contributed by atoms with Gasteiger partial charge in [-0.1, -0.05) is 32.6 Å². The Bertz CT molecular complexity index is 269. The van der Waals surface area contributed by atoms with Crippen LogP contribution >= 0.6 is 11.8 Å². The monoisotopic (exact) mass is 282 g/mol. The maximum atomic E-state index is 6.02. The molecule has 110 valence electrons. The van der Waals surface area contributed by atoms with Crippen LogP contribution in [0.5, 0.6) is 0 Å². The first-order chi connectivity index (χ1) is 9.35. The molecule has 19 heavy (non-hydrogen) atoms.